The average Bonchev–Trinajstić information content (AvgIpc) is 2.42. The van der Waals surface area contributed by atoms with Gasteiger partial charge in [0.05, 0.1) is 11.7 Å². The molecule has 0 saturated heterocycles. The van der Waals surface area contributed by atoms with Gasteiger partial charge in [-0.05, 0) is 24.3 Å². The molecule has 0 aliphatic heterocycles. The van der Waals surface area contributed by atoms with E-state index in [1.807, 2.05) is 24.3 Å². The Morgan fingerprint density at radius 1 is 0.889 bits per heavy atom. The number of phenols is 1. The third-order valence-electron chi connectivity index (χ3n) is 2.60. The van der Waals surface area contributed by atoms with Gasteiger partial charge in [-0.25, -0.2) is 0 Å². The monoisotopic (exact) mass is 238 g/mol. The smallest absolute Gasteiger partial charge is 0.169 e. The minimum atomic E-state index is 0.0957. The zero-order chi connectivity index (χ0) is 12.4. The van der Waals surface area contributed by atoms with E-state index in [-0.39, 0.29) is 5.75 Å². The highest BCUT2D eigenvalue weighted by molar-refractivity contribution is 5.84. The molecule has 4 heteroatoms. The Hall–Kier alpha value is -2.62. The van der Waals surface area contributed by atoms with E-state index < -0.39 is 0 Å². The lowest BCUT2D eigenvalue weighted by molar-refractivity contribution is 0.412. The molecule has 0 atom stereocenters. The minimum absolute atomic E-state index is 0.0957. The molecule has 0 radical (unpaired) electrons. The second-order valence-electron chi connectivity index (χ2n) is 3.80. The number of para-hydroxylation sites is 2. The molecule has 2 aromatic carbocycles. The van der Waals surface area contributed by atoms with E-state index in [2.05, 4.69) is 10.2 Å². The second kappa shape index (κ2) is 4.33. The fraction of sp³-hybridized carbons (Fsp3) is 0. The lowest BCUT2D eigenvalue weighted by Gasteiger charge is -2.08. The summed E-state index contributed by atoms with van der Waals surface area (Å²) in [5, 5.41) is 18.4. The van der Waals surface area contributed by atoms with Crippen molar-refractivity contribution in [3.63, 3.8) is 0 Å². The van der Waals surface area contributed by atoms with Crippen molar-refractivity contribution < 1.29 is 9.84 Å². The van der Waals surface area contributed by atoms with Crippen LogP contribution < -0.4 is 4.74 Å². The average molecular weight is 238 g/mol. The van der Waals surface area contributed by atoms with E-state index >= 15 is 0 Å². The van der Waals surface area contributed by atoms with Gasteiger partial charge >= 0.3 is 0 Å². The molecular weight excluding hydrogens is 228 g/mol. The summed E-state index contributed by atoms with van der Waals surface area (Å²) >= 11 is 0. The highest BCUT2D eigenvalue weighted by Crippen LogP contribution is 2.32. The number of ether oxygens (including phenoxy) is 1. The van der Waals surface area contributed by atoms with Crippen molar-refractivity contribution in [1.29, 1.82) is 0 Å². The number of hydrogen-bond donors (Lipinski definition) is 1. The van der Waals surface area contributed by atoms with Crippen molar-refractivity contribution in [2.75, 3.05) is 0 Å². The van der Waals surface area contributed by atoms with Gasteiger partial charge in [-0.1, -0.05) is 24.3 Å². The van der Waals surface area contributed by atoms with Crippen LogP contribution in [0.1, 0.15) is 0 Å². The summed E-state index contributed by atoms with van der Waals surface area (Å²) in [4.78, 5) is 0. The Morgan fingerprint density at radius 3 is 2.56 bits per heavy atom. The highest BCUT2D eigenvalue weighted by atomic mass is 16.5. The summed E-state index contributed by atoms with van der Waals surface area (Å²) in [6.45, 7) is 0. The topological polar surface area (TPSA) is 55.2 Å². The molecule has 0 bridgehead atoms. The highest BCUT2D eigenvalue weighted by Gasteiger charge is 2.07. The summed E-state index contributed by atoms with van der Waals surface area (Å²) in [7, 11) is 0. The number of fused-ring (bicyclic) bond motifs is 1. The van der Waals surface area contributed by atoms with Crippen molar-refractivity contribution in [2.45, 2.75) is 0 Å². The molecule has 3 rings (SSSR count). The van der Waals surface area contributed by atoms with Crippen molar-refractivity contribution in [3.05, 3.63) is 54.7 Å². The van der Waals surface area contributed by atoms with Crippen LogP contribution in [0.15, 0.2) is 54.7 Å². The molecule has 0 aliphatic rings. The van der Waals surface area contributed by atoms with Crippen molar-refractivity contribution in [3.8, 4) is 17.2 Å². The molecule has 1 heterocycles. The first-order chi connectivity index (χ1) is 8.84. The number of phenolic OH excluding ortho intramolecular Hbond substituents is 1. The van der Waals surface area contributed by atoms with Gasteiger partial charge in [-0.2, -0.15) is 10.2 Å². The maximum Gasteiger partial charge on any atom is 0.169 e. The summed E-state index contributed by atoms with van der Waals surface area (Å²) < 4.78 is 5.67. The van der Waals surface area contributed by atoms with Gasteiger partial charge in [0.25, 0.3) is 0 Å². The lowest BCUT2D eigenvalue weighted by Crippen LogP contribution is -1.90. The number of nitrogens with zero attached hydrogens (tertiary/aromatic N) is 2. The van der Waals surface area contributed by atoms with Crippen LogP contribution in [0.2, 0.25) is 0 Å². The molecule has 0 fully saturated rings. The molecule has 88 valence electrons. The van der Waals surface area contributed by atoms with Gasteiger partial charge in [0.15, 0.2) is 17.2 Å². The van der Waals surface area contributed by atoms with Gasteiger partial charge in [0, 0.05) is 5.39 Å². The molecule has 18 heavy (non-hydrogen) atoms. The Bertz CT molecular complexity index is 693. The molecule has 3 aromatic rings. The first kappa shape index (κ1) is 10.5. The largest absolute Gasteiger partial charge is 0.504 e. The summed E-state index contributed by atoms with van der Waals surface area (Å²) in [6, 6.07) is 14.4. The van der Waals surface area contributed by atoms with Crippen LogP contribution in [0.4, 0.5) is 0 Å². The second-order valence-corrected chi connectivity index (χ2v) is 3.80. The fourth-order valence-corrected chi connectivity index (χ4v) is 1.73. The van der Waals surface area contributed by atoms with Gasteiger partial charge in [-0.15, -0.1) is 0 Å². The SMILES string of the molecule is Oc1ccccc1Oc1cnnc2ccccc12. The summed E-state index contributed by atoms with van der Waals surface area (Å²) in [6.07, 6.45) is 1.54. The maximum atomic E-state index is 9.68. The summed E-state index contributed by atoms with van der Waals surface area (Å²) in [5.41, 5.74) is 0.755. The minimum Gasteiger partial charge on any atom is -0.504 e. The predicted molar refractivity (Wildman–Crippen MR) is 67.7 cm³/mol. The van der Waals surface area contributed by atoms with Crippen LogP contribution in [0.25, 0.3) is 10.9 Å². The Labute approximate surface area is 103 Å². The standard InChI is InChI=1S/C14H10N2O2/c17-12-7-3-4-8-13(12)18-14-9-15-16-11-6-2-1-5-10(11)14/h1-9,17H. The van der Waals surface area contributed by atoms with Gasteiger partial charge in [0.1, 0.15) is 0 Å². The quantitative estimate of drug-likeness (QED) is 0.745. The third-order valence-corrected chi connectivity index (χ3v) is 2.60. The maximum absolute atomic E-state index is 9.68. The number of aromatic hydroxyl groups is 1. The number of hydrogen-bond acceptors (Lipinski definition) is 4. The van der Waals surface area contributed by atoms with Crippen molar-refractivity contribution >= 4 is 10.9 Å². The first-order valence-electron chi connectivity index (χ1n) is 5.51. The number of benzene rings is 2. The summed E-state index contributed by atoms with van der Waals surface area (Å²) in [5.74, 6) is 1.07. The van der Waals surface area contributed by atoms with Gasteiger partial charge in [-0.3, -0.25) is 0 Å². The van der Waals surface area contributed by atoms with Crippen molar-refractivity contribution in [2.24, 2.45) is 0 Å². The van der Waals surface area contributed by atoms with Gasteiger partial charge in [0.2, 0.25) is 0 Å². The van der Waals surface area contributed by atoms with Crippen molar-refractivity contribution in [1.82, 2.24) is 10.2 Å². The lowest BCUT2D eigenvalue weighted by atomic mass is 10.2. The molecule has 4 nitrogen and oxygen atoms in total. The van der Waals surface area contributed by atoms with Crippen LogP contribution in [0.3, 0.4) is 0 Å². The molecule has 1 N–H and O–H groups in total. The van der Waals surface area contributed by atoms with Crippen LogP contribution in [-0.2, 0) is 0 Å². The molecular formula is C14H10N2O2. The third kappa shape index (κ3) is 1.84. The molecule has 0 amide bonds. The van der Waals surface area contributed by atoms with E-state index in [0.717, 1.165) is 10.9 Å². The van der Waals surface area contributed by atoms with Crippen LogP contribution in [0, 0.1) is 0 Å². The van der Waals surface area contributed by atoms with E-state index in [0.29, 0.717) is 11.5 Å². The fourth-order valence-electron chi connectivity index (χ4n) is 1.73. The van der Waals surface area contributed by atoms with E-state index in [1.54, 1.807) is 24.3 Å². The zero-order valence-corrected chi connectivity index (χ0v) is 9.45. The molecule has 1 aromatic heterocycles. The molecule has 0 aliphatic carbocycles. The van der Waals surface area contributed by atoms with Crippen LogP contribution in [-0.4, -0.2) is 15.3 Å². The Balaban J connectivity index is 2.08. The van der Waals surface area contributed by atoms with Gasteiger partial charge < -0.3 is 9.84 Å². The van der Waals surface area contributed by atoms with E-state index in [1.165, 1.54) is 6.20 Å². The van der Waals surface area contributed by atoms with Crippen LogP contribution >= 0.6 is 0 Å². The Kier molecular flexibility index (Phi) is 2.53. The van der Waals surface area contributed by atoms with E-state index in [4.69, 9.17) is 4.74 Å². The number of rotatable bonds is 2. The first-order valence-corrected chi connectivity index (χ1v) is 5.51. The van der Waals surface area contributed by atoms with E-state index in [9.17, 15) is 5.11 Å². The number of aromatic nitrogens is 2. The molecule has 0 spiro atoms. The molecule has 0 saturated carbocycles. The zero-order valence-electron chi connectivity index (χ0n) is 9.45. The Morgan fingerprint density at radius 2 is 1.67 bits per heavy atom. The van der Waals surface area contributed by atoms with Crippen LogP contribution in [0.5, 0.6) is 17.2 Å². The normalized spacial score (nSPS) is 10.4. The molecule has 0 unspecified atom stereocenters. The predicted octanol–water partition coefficient (Wildman–Crippen LogP) is 3.13.